The van der Waals surface area contributed by atoms with Gasteiger partial charge in [-0.05, 0) is 18.6 Å². The molecule has 2 aliphatic rings. The van der Waals surface area contributed by atoms with E-state index in [1.54, 1.807) is 6.92 Å². The van der Waals surface area contributed by atoms with Crippen LogP contribution in [0.1, 0.15) is 13.3 Å². The zero-order valence-corrected chi connectivity index (χ0v) is 13.9. The number of amides is 2. The van der Waals surface area contributed by atoms with E-state index < -0.39 is 32.8 Å². The summed E-state index contributed by atoms with van der Waals surface area (Å²) in [6.45, 7) is 1.76. The Morgan fingerprint density at radius 3 is 2.62 bits per heavy atom. The van der Waals surface area contributed by atoms with Crippen LogP contribution in [0.2, 0.25) is 0 Å². The molecule has 2 saturated heterocycles. The van der Waals surface area contributed by atoms with Gasteiger partial charge in [0.15, 0.2) is 0 Å². The van der Waals surface area contributed by atoms with E-state index in [0.29, 0.717) is 6.42 Å². The molecule has 1 aromatic carbocycles. The van der Waals surface area contributed by atoms with E-state index in [1.165, 1.54) is 23.1 Å². The summed E-state index contributed by atoms with van der Waals surface area (Å²) < 4.78 is 40.2. The Balaban J connectivity index is 1.86. The Morgan fingerprint density at radius 1 is 1.25 bits per heavy atom. The van der Waals surface area contributed by atoms with Crippen LogP contribution < -0.4 is 5.32 Å². The number of fused-ring (bicyclic) bond motifs is 1. The maximum absolute atomic E-state index is 13.9. The molecule has 24 heavy (non-hydrogen) atoms. The Hall–Kier alpha value is -2.00. The van der Waals surface area contributed by atoms with Gasteiger partial charge in [0.1, 0.15) is 22.8 Å². The standard InChI is InChI=1S/C15H18FN3O4S/c1-2-11-15(21)19-8-7-18(9-12(19)14(20)17-11)24(22,23)13-6-4-3-5-10(13)16/h3-6,11-12H,2,7-9H2,1H3,(H,17,20)/t11-,12+/m0/s1. The van der Waals surface area contributed by atoms with E-state index in [9.17, 15) is 22.4 Å². The minimum absolute atomic E-state index is 0.0304. The number of hydrogen-bond donors (Lipinski definition) is 1. The van der Waals surface area contributed by atoms with Gasteiger partial charge in [0.2, 0.25) is 21.8 Å². The molecule has 2 heterocycles. The smallest absolute Gasteiger partial charge is 0.246 e. The summed E-state index contributed by atoms with van der Waals surface area (Å²) in [5.41, 5.74) is 0. The van der Waals surface area contributed by atoms with Gasteiger partial charge >= 0.3 is 0 Å². The first-order valence-corrected chi connectivity index (χ1v) is 9.15. The molecule has 0 unspecified atom stereocenters. The molecule has 1 aromatic rings. The average molecular weight is 355 g/mol. The molecule has 0 spiro atoms. The van der Waals surface area contributed by atoms with E-state index in [1.807, 2.05) is 0 Å². The van der Waals surface area contributed by atoms with Crippen LogP contribution in [-0.2, 0) is 19.6 Å². The molecule has 2 atom stereocenters. The van der Waals surface area contributed by atoms with Crippen molar-refractivity contribution in [2.45, 2.75) is 30.3 Å². The molecular formula is C15H18FN3O4S. The quantitative estimate of drug-likeness (QED) is 0.823. The highest BCUT2D eigenvalue weighted by molar-refractivity contribution is 7.89. The first-order chi connectivity index (χ1) is 11.4. The lowest BCUT2D eigenvalue weighted by Crippen LogP contribution is -2.69. The molecule has 0 aliphatic carbocycles. The molecule has 1 N–H and O–H groups in total. The van der Waals surface area contributed by atoms with Crippen molar-refractivity contribution in [1.29, 1.82) is 0 Å². The Labute approximate surface area is 139 Å². The van der Waals surface area contributed by atoms with Gasteiger partial charge in [-0.3, -0.25) is 9.59 Å². The minimum atomic E-state index is -4.06. The van der Waals surface area contributed by atoms with Crippen molar-refractivity contribution in [2.24, 2.45) is 0 Å². The summed E-state index contributed by atoms with van der Waals surface area (Å²) in [6, 6.07) is 3.67. The Morgan fingerprint density at radius 2 is 1.96 bits per heavy atom. The van der Waals surface area contributed by atoms with Crippen molar-refractivity contribution in [3.8, 4) is 0 Å². The third-order valence-corrected chi connectivity index (χ3v) is 6.30. The van der Waals surface area contributed by atoms with E-state index in [0.717, 1.165) is 10.4 Å². The van der Waals surface area contributed by atoms with Gasteiger partial charge in [-0.25, -0.2) is 12.8 Å². The van der Waals surface area contributed by atoms with Crippen LogP contribution >= 0.6 is 0 Å². The first-order valence-electron chi connectivity index (χ1n) is 7.71. The normalized spacial score (nSPS) is 25.3. The second-order valence-electron chi connectivity index (χ2n) is 5.81. The molecule has 3 rings (SSSR count). The third-order valence-electron chi connectivity index (χ3n) is 4.41. The molecule has 2 amide bonds. The van der Waals surface area contributed by atoms with E-state index in [4.69, 9.17) is 0 Å². The molecule has 0 saturated carbocycles. The zero-order chi connectivity index (χ0) is 17.5. The molecule has 7 nitrogen and oxygen atoms in total. The highest BCUT2D eigenvalue weighted by Crippen LogP contribution is 2.24. The average Bonchev–Trinajstić information content (AvgIpc) is 2.57. The molecule has 130 valence electrons. The number of rotatable bonds is 3. The number of nitrogens with one attached hydrogen (secondary N) is 1. The molecule has 0 radical (unpaired) electrons. The minimum Gasteiger partial charge on any atom is -0.342 e. The van der Waals surface area contributed by atoms with E-state index >= 15 is 0 Å². The number of sulfonamides is 1. The SMILES string of the molecule is CC[C@@H]1NC(=O)[C@H]2CN(S(=O)(=O)c3ccccc3F)CCN2C1=O. The molecular weight excluding hydrogens is 337 g/mol. The lowest BCUT2D eigenvalue weighted by molar-refractivity contribution is -0.151. The van der Waals surface area contributed by atoms with E-state index in [-0.39, 0.29) is 31.4 Å². The highest BCUT2D eigenvalue weighted by Gasteiger charge is 2.45. The first kappa shape index (κ1) is 16.8. The monoisotopic (exact) mass is 355 g/mol. The Bertz CT molecular complexity index is 783. The van der Waals surface area contributed by atoms with Gasteiger partial charge in [0.05, 0.1) is 0 Å². The van der Waals surface area contributed by atoms with Gasteiger partial charge in [-0.15, -0.1) is 0 Å². The van der Waals surface area contributed by atoms with Gasteiger partial charge in [-0.2, -0.15) is 4.31 Å². The molecule has 9 heteroatoms. The Kier molecular flexibility index (Phi) is 4.31. The fraction of sp³-hybridized carbons (Fsp3) is 0.467. The van der Waals surface area contributed by atoms with Crippen LogP contribution in [0.25, 0.3) is 0 Å². The summed E-state index contributed by atoms with van der Waals surface area (Å²) in [5.74, 6) is -1.42. The summed E-state index contributed by atoms with van der Waals surface area (Å²) in [7, 11) is -4.06. The van der Waals surface area contributed by atoms with Gasteiger partial charge in [0.25, 0.3) is 0 Å². The molecule has 2 fully saturated rings. The van der Waals surface area contributed by atoms with Crippen LogP contribution in [0.3, 0.4) is 0 Å². The number of piperazine rings is 2. The fourth-order valence-electron chi connectivity index (χ4n) is 3.06. The second kappa shape index (κ2) is 6.14. The summed E-state index contributed by atoms with van der Waals surface area (Å²) in [5, 5.41) is 2.61. The lowest BCUT2D eigenvalue weighted by Gasteiger charge is -2.44. The number of halogens is 1. The van der Waals surface area contributed by atoms with E-state index in [2.05, 4.69) is 5.32 Å². The summed E-state index contributed by atoms with van der Waals surface area (Å²) in [6.07, 6.45) is 0.477. The predicted molar refractivity (Wildman–Crippen MR) is 82.9 cm³/mol. The van der Waals surface area contributed by atoms with Crippen molar-refractivity contribution in [2.75, 3.05) is 19.6 Å². The molecule has 0 bridgehead atoms. The largest absolute Gasteiger partial charge is 0.342 e. The van der Waals surface area contributed by atoms with Crippen molar-refractivity contribution in [1.82, 2.24) is 14.5 Å². The van der Waals surface area contributed by atoms with Crippen molar-refractivity contribution in [3.63, 3.8) is 0 Å². The molecule has 0 aromatic heterocycles. The topological polar surface area (TPSA) is 86.8 Å². The second-order valence-corrected chi connectivity index (χ2v) is 7.72. The number of carbonyl (C=O) groups is 2. The highest BCUT2D eigenvalue weighted by atomic mass is 32.2. The molecule has 2 aliphatic heterocycles. The number of carbonyl (C=O) groups excluding carboxylic acids is 2. The van der Waals surface area contributed by atoms with Crippen molar-refractivity contribution < 1.29 is 22.4 Å². The van der Waals surface area contributed by atoms with Crippen LogP contribution in [0.4, 0.5) is 4.39 Å². The van der Waals surface area contributed by atoms with Crippen LogP contribution in [-0.4, -0.2) is 61.2 Å². The van der Waals surface area contributed by atoms with Gasteiger partial charge < -0.3 is 10.2 Å². The number of benzene rings is 1. The fourth-order valence-corrected chi connectivity index (χ4v) is 4.57. The predicted octanol–water partition coefficient (Wildman–Crippen LogP) is -0.0644. The van der Waals surface area contributed by atoms with Crippen molar-refractivity contribution in [3.05, 3.63) is 30.1 Å². The summed E-state index contributed by atoms with van der Waals surface area (Å²) in [4.78, 5) is 25.5. The third kappa shape index (κ3) is 2.67. The number of hydrogen-bond acceptors (Lipinski definition) is 4. The van der Waals surface area contributed by atoms with Crippen molar-refractivity contribution >= 4 is 21.8 Å². The van der Waals surface area contributed by atoms with Crippen LogP contribution in [0.5, 0.6) is 0 Å². The number of nitrogens with zero attached hydrogens (tertiary/aromatic N) is 2. The zero-order valence-electron chi connectivity index (χ0n) is 13.1. The maximum Gasteiger partial charge on any atom is 0.246 e. The lowest BCUT2D eigenvalue weighted by atomic mass is 10.0. The van der Waals surface area contributed by atoms with Gasteiger partial charge in [0, 0.05) is 19.6 Å². The maximum atomic E-state index is 13.9. The van der Waals surface area contributed by atoms with Gasteiger partial charge in [-0.1, -0.05) is 19.1 Å². The van der Waals surface area contributed by atoms with Crippen LogP contribution in [0, 0.1) is 5.82 Å². The van der Waals surface area contributed by atoms with Crippen LogP contribution in [0.15, 0.2) is 29.2 Å². The summed E-state index contributed by atoms with van der Waals surface area (Å²) >= 11 is 0.